The highest BCUT2D eigenvalue weighted by atomic mass is 14.4. The van der Waals surface area contributed by atoms with Crippen LogP contribution in [-0.2, 0) is 6.42 Å². The predicted octanol–water partition coefficient (Wildman–Crippen LogP) is 11.0. The lowest BCUT2D eigenvalue weighted by molar-refractivity contribution is 0.178. The van der Waals surface area contributed by atoms with Gasteiger partial charge >= 0.3 is 0 Å². The van der Waals surface area contributed by atoms with E-state index in [9.17, 15) is 0 Å². The molecule has 0 N–H and O–H groups in total. The summed E-state index contributed by atoms with van der Waals surface area (Å²) < 4.78 is 0. The van der Waals surface area contributed by atoms with Crippen molar-refractivity contribution < 1.29 is 0 Å². The Labute approximate surface area is 207 Å². The maximum atomic E-state index is 2.56. The van der Waals surface area contributed by atoms with Crippen LogP contribution < -0.4 is 0 Å². The highest BCUT2D eigenvalue weighted by molar-refractivity contribution is 5.26. The Morgan fingerprint density at radius 1 is 0.667 bits per heavy atom. The molecule has 0 heteroatoms. The Balaban J connectivity index is 1.31. The van der Waals surface area contributed by atoms with Gasteiger partial charge in [-0.3, -0.25) is 0 Å². The molecule has 0 aliphatic heterocycles. The second-order valence-corrected chi connectivity index (χ2v) is 12.4. The van der Waals surface area contributed by atoms with Crippen molar-refractivity contribution >= 4 is 0 Å². The molecule has 2 aliphatic rings. The lowest BCUT2D eigenvalue weighted by Gasteiger charge is -2.38. The van der Waals surface area contributed by atoms with E-state index in [1.54, 1.807) is 11.1 Å². The summed E-state index contributed by atoms with van der Waals surface area (Å²) in [6.07, 6.45) is 28.8. The molecule has 0 heterocycles. The molecule has 3 rings (SSSR count). The fourth-order valence-electron chi connectivity index (χ4n) is 6.87. The van der Waals surface area contributed by atoms with Gasteiger partial charge in [0.25, 0.3) is 0 Å². The molecule has 0 amide bonds. The van der Waals surface area contributed by atoms with Crippen LogP contribution in [0, 0.1) is 17.3 Å². The summed E-state index contributed by atoms with van der Waals surface area (Å²) in [7, 11) is 0. The van der Waals surface area contributed by atoms with Gasteiger partial charge in [-0.15, -0.1) is 0 Å². The average Bonchev–Trinajstić information content (AvgIpc) is 2.84. The smallest absolute Gasteiger partial charge is 0.0162 e. The minimum absolute atomic E-state index is 0.625. The molecular formula is C33H56. The van der Waals surface area contributed by atoms with Gasteiger partial charge in [-0.25, -0.2) is 0 Å². The molecule has 0 atom stereocenters. The number of aryl methyl sites for hydroxylation is 1. The Hall–Kier alpha value is -0.780. The molecule has 0 nitrogen and oxygen atoms in total. The van der Waals surface area contributed by atoms with Crippen LogP contribution in [0.4, 0.5) is 0 Å². The molecule has 1 aromatic carbocycles. The van der Waals surface area contributed by atoms with Gasteiger partial charge in [-0.1, -0.05) is 129 Å². The second kappa shape index (κ2) is 14.6. The van der Waals surface area contributed by atoms with Crippen molar-refractivity contribution in [1.29, 1.82) is 0 Å². The molecule has 2 fully saturated rings. The van der Waals surface area contributed by atoms with Crippen LogP contribution in [0.25, 0.3) is 0 Å². The van der Waals surface area contributed by atoms with E-state index < -0.39 is 0 Å². The van der Waals surface area contributed by atoms with E-state index in [4.69, 9.17) is 0 Å². The third-order valence-corrected chi connectivity index (χ3v) is 9.55. The van der Waals surface area contributed by atoms with Crippen molar-refractivity contribution in [3.63, 3.8) is 0 Å². The van der Waals surface area contributed by atoms with E-state index in [-0.39, 0.29) is 0 Å². The van der Waals surface area contributed by atoms with Crippen LogP contribution in [0.1, 0.15) is 160 Å². The maximum absolute atomic E-state index is 2.56. The number of unbranched alkanes of at least 4 members (excludes halogenated alkanes) is 6. The zero-order chi connectivity index (χ0) is 23.4. The molecule has 0 unspecified atom stereocenters. The van der Waals surface area contributed by atoms with E-state index in [0.29, 0.717) is 5.41 Å². The van der Waals surface area contributed by atoms with Crippen molar-refractivity contribution in [2.75, 3.05) is 0 Å². The zero-order valence-corrected chi connectivity index (χ0v) is 22.7. The first-order valence-electron chi connectivity index (χ1n) is 15.2. The van der Waals surface area contributed by atoms with Gasteiger partial charge in [0.05, 0.1) is 0 Å². The van der Waals surface area contributed by atoms with E-state index in [0.717, 1.165) is 17.8 Å². The summed E-state index contributed by atoms with van der Waals surface area (Å²) in [5, 5.41) is 0. The van der Waals surface area contributed by atoms with E-state index in [1.165, 1.54) is 128 Å². The summed E-state index contributed by atoms with van der Waals surface area (Å²) in [5.41, 5.74) is 3.82. The van der Waals surface area contributed by atoms with Gasteiger partial charge in [0, 0.05) is 0 Å². The second-order valence-electron chi connectivity index (χ2n) is 12.4. The molecule has 1 aromatic rings. The molecule has 0 saturated heterocycles. The van der Waals surface area contributed by atoms with Crippen molar-refractivity contribution in [1.82, 2.24) is 0 Å². The maximum Gasteiger partial charge on any atom is -0.0162 e. The van der Waals surface area contributed by atoms with Crippen LogP contribution >= 0.6 is 0 Å². The minimum Gasteiger partial charge on any atom is -0.0654 e. The van der Waals surface area contributed by atoms with Crippen LogP contribution in [-0.4, -0.2) is 0 Å². The first kappa shape index (κ1) is 26.8. The quantitative estimate of drug-likeness (QED) is 0.246. The van der Waals surface area contributed by atoms with Crippen molar-refractivity contribution in [2.45, 2.75) is 155 Å². The first-order chi connectivity index (χ1) is 16.1. The number of benzene rings is 1. The number of rotatable bonds is 14. The van der Waals surface area contributed by atoms with Gasteiger partial charge in [0.2, 0.25) is 0 Å². The molecule has 0 spiro atoms. The molecule has 2 saturated carbocycles. The van der Waals surface area contributed by atoms with Gasteiger partial charge in [-0.2, -0.15) is 0 Å². The molecule has 2 aliphatic carbocycles. The fourth-order valence-corrected chi connectivity index (χ4v) is 6.87. The molecule has 0 aromatic heterocycles. The first-order valence-corrected chi connectivity index (χ1v) is 15.2. The fraction of sp³-hybridized carbons (Fsp3) is 0.818. The highest BCUT2D eigenvalue weighted by Gasteiger charge is 2.31. The number of hydrogen-bond acceptors (Lipinski definition) is 0. The molecule has 0 radical (unpaired) electrons. The van der Waals surface area contributed by atoms with Gasteiger partial charge in [0.15, 0.2) is 0 Å². The average molecular weight is 453 g/mol. The van der Waals surface area contributed by atoms with Crippen molar-refractivity contribution in [3.8, 4) is 0 Å². The molecule has 188 valence electrons. The Bertz CT molecular complexity index is 610. The topological polar surface area (TPSA) is 0 Å². The lowest BCUT2D eigenvalue weighted by Crippen LogP contribution is -2.23. The SMILES string of the molecule is CCCCCCC[C@H]1CC[C@H](CCc2ccc(C3CCC(C)(CCCCC)CC3)cc2)CC1. The summed E-state index contributed by atoms with van der Waals surface area (Å²) in [4.78, 5) is 0. The Kier molecular flexibility index (Phi) is 11.8. The third-order valence-electron chi connectivity index (χ3n) is 9.55. The summed E-state index contributed by atoms with van der Waals surface area (Å²) in [6.45, 7) is 7.20. The van der Waals surface area contributed by atoms with E-state index in [2.05, 4.69) is 45.0 Å². The van der Waals surface area contributed by atoms with Crippen LogP contribution in [0.5, 0.6) is 0 Å². The zero-order valence-electron chi connectivity index (χ0n) is 22.7. The van der Waals surface area contributed by atoms with Gasteiger partial charge in [-0.05, 0) is 79.2 Å². The van der Waals surface area contributed by atoms with Gasteiger partial charge < -0.3 is 0 Å². The molecule has 0 bridgehead atoms. The number of hydrogen-bond donors (Lipinski definition) is 0. The Morgan fingerprint density at radius 2 is 1.24 bits per heavy atom. The van der Waals surface area contributed by atoms with E-state index in [1.807, 2.05) is 0 Å². The largest absolute Gasteiger partial charge is 0.0654 e. The summed E-state index contributed by atoms with van der Waals surface area (Å²) >= 11 is 0. The minimum atomic E-state index is 0.625. The van der Waals surface area contributed by atoms with Crippen LogP contribution in [0.2, 0.25) is 0 Å². The highest BCUT2D eigenvalue weighted by Crippen LogP contribution is 2.45. The van der Waals surface area contributed by atoms with Crippen LogP contribution in [0.15, 0.2) is 24.3 Å². The monoisotopic (exact) mass is 452 g/mol. The van der Waals surface area contributed by atoms with E-state index >= 15 is 0 Å². The normalized spacial score (nSPS) is 28.2. The molecule has 33 heavy (non-hydrogen) atoms. The van der Waals surface area contributed by atoms with Crippen molar-refractivity contribution in [3.05, 3.63) is 35.4 Å². The predicted molar refractivity (Wildman–Crippen MR) is 147 cm³/mol. The third kappa shape index (κ3) is 9.41. The van der Waals surface area contributed by atoms with Gasteiger partial charge in [0.1, 0.15) is 0 Å². The van der Waals surface area contributed by atoms with Crippen LogP contribution in [0.3, 0.4) is 0 Å². The lowest BCUT2D eigenvalue weighted by atomic mass is 9.68. The van der Waals surface area contributed by atoms with Crippen molar-refractivity contribution in [2.24, 2.45) is 17.3 Å². The Morgan fingerprint density at radius 3 is 1.88 bits per heavy atom. The standard InChI is InChI=1S/C33H56/c1-4-6-8-9-10-12-28-13-15-29(16-14-28)17-18-30-19-21-31(22-20-30)32-23-26-33(3,27-24-32)25-11-7-5-2/h19-22,28-29,32H,4-18,23-27H2,1-3H3/t28-,29-,32?,33?. The molecular weight excluding hydrogens is 396 g/mol. The summed E-state index contributed by atoms with van der Waals surface area (Å²) in [5.74, 6) is 2.85. The summed E-state index contributed by atoms with van der Waals surface area (Å²) in [6, 6.07) is 9.89.